The highest BCUT2D eigenvalue weighted by atomic mass is 79.9. The van der Waals surface area contributed by atoms with E-state index < -0.39 is 0 Å². The maximum Gasteiger partial charge on any atom is 0.0670 e. The van der Waals surface area contributed by atoms with E-state index in [-0.39, 0.29) is 0 Å². The summed E-state index contributed by atoms with van der Waals surface area (Å²) in [6, 6.07) is 6.03. The van der Waals surface area contributed by atoms with Crippen LogP contribution in [0.3, 0.4) is 0 Å². The summed E-state index contributed by atoms with van der Waals surface area (Å²) in [7, 11) is 0. The lowest BCUT2D eigenvalue weighted by Gasteiger charge is -2.04. The minimum absolute atomic E-state index is 0.411. The molecule has 0 amide bonds. The van der Waals surface area contributed by atoms with Gasteiger partial charge in [0.15, 0.2) is 0 Å². The average Bonchev–Trinajstić information content (AvgIpc) is 2.63. The van der Waals surface area contributed by atoms with Crippen LogP contribution in [0, 0.1) is 11.3 Å². The monoisotopic (exact) mass is 266 g/mol. The van der Waals surface area contributed by atoms with E-state index in [1.807, 2.05) is 17.5 Å². The number of fused-ring (bicyclic) bond motifs is 1. The Labute approximate surface area is 94.1 Å². The van der Waals surface area contributed by atoms with Gasteiger partial charge >= 0.3 is 0 Å². The molecule has 0 bridgehead atoms. The number of thiophene rings is 1. The highest BCUT2D eigenvalue weighted by Crippen LogP contribution is 2.35. The number of rotatable bonds is 1. The Morgan fingerprint density at radius 3 is 3.07 bits per heavy atom. The van der Waals surface area contributed by atoms with Crippen molar-refractivity contribution >= 4 is 43.0 Å². The van der Waals surface area contributed by atoms with Crippen LogP contribution in [-0.4, -0.2) is 0 Å². The van der Waals surface area contributed by atoms with Crippen LogP contribution in [0.4, 0.5) is 5.69 Å². The van der Waals surface area contributed by atoms with Crippen LogP contribution in [0.5, 0.6) is 0 Å². The van der Waals surface area contributed by atoms with E-state index in [2.05, 4.69) is 22.0 Å². The van der Waals surface area contributed by atoms with Crippen LogP contribution >= 0.6 is 27.3 Å². The number of nitrogen functional groups attached to an aromatic ring is 1. The van der Waals surface area contributed by atoms with Gasteiger partial charge in [-0.1, -0.05) is 0 Å². The van der Waals surface area contributed by atoms with E-state index in [4.69, 9.17) is 11.0 Å². The molecule has 0 radical (unpaired) electrons. The molecule has 0 saturated heterocycles. The molecule has 2 N–H and O–H groups in total. The standard InChI is InChI=1S/C10H7BrN2S/c11-9-7-2-4-14-10(7)6(1-3-12)5-8(9)13/h2,4-5H,1,13H2. The van der Waals surface area contributed by atoms with Gasteiger partial charge in [0, 0.05) is 20.2 Å². The maximum atomic E-state index is 8.68. The van der Waals surface area contributed by atoms with Crippen molar-refractivity contribution in [1.82, 2.24) is 0 Å². The van der Waals surface area contributed by atoms with Crippen molar-refractivity contribution in [3.05, 3.63) is 27.5 Å². The second kappa shape index (κ2) is 3.60. The molecule has 1 heterocycles. The zero-order chi connectivity index (χ0) is 10.1. The molecule has 0 unspecified atom stereocenters. The van der Waals surface area contributed by atoms with E-state index >= 15 is 0 Å². The Bertz CT molecular complexity index is 525. The van der Waals surface area contributed by atoms with E-state index in [9.17, 15) is 0 Å². The molecule has 2 aromatic rings. The fourth-order valence-electron chi connectivity index (χ4n) is 1.42. The highest BCUT2D eigenvalue weighted by molar-refractivity contribution is 9.10. The SMILES string of the molecule is N#CCc1cc(N)c(Br)c2ccsc12. The summed E-state index contributed by atoms with van der Waals surface area (Å²) in [6.45, 7) is 0. The summed E-state index contributed by atoms with van der Waals surface area (Å²) in [5.74, 6) is 0. The molecule has 0 saturated carbocycles. The molecule has 2 nitrogen and oxygen atoms in total. The quantitative estimate of drug-likeness (QED) is 0.806. The van der Waals surface area contributed by atoms with E-state index in [0.29, 0.717) is 12.1 Å². The average molecular weight is 267 g/mol. The summed E-state index contributed by atoms with van der Waals surface area (Å²) in [5.41, 5.74) is 7.53. The number of nitrogens with two attached hydrogens (primary N) is 1. The van der Waals surface area contributed by atoms with Gasteiger partial charge in [-0.2, -0.15) is 5.26 Å². The van der Waals surface area contributed by atoms with Gasteiger partial charge in [-0.25, -0.2) is 0 Å². The van der Waals surface area contributed by atoms with Crippen LogP contribution in [0.15, 0.2) is 22.0 Å². The molecule has 0 spiro atoms. The Morgan fingerprint density at radius 1 is 1.57 bits per heavy atom. The summed E-state index contributed by atoms with van der Waals surface area (Å²) in [6.07, 6.45) is 0.411. The molecule has 0 aliphatic heterocycles. The first-order valence-electron chi connectivity index (χ1n) is 4.05. The van der Waals surface area contributed by atoms with Gasteiger partial charge in [-0.3, -0.25) is 0 Å². The zero-order valence-electron chi connectivity index (χ0n) is 7.25. The predicted octanol–water partition coefficient (Wildman–Crippen LogP) is 3.31. The van der Waals surface area contributed by atoms with Crippen molar-refractivity contribution in [2.24, 2.45) is 0 Å². The molecule has 0 atom stereocenters. The minimum Gasteiger partial charge on any atom is -0.398 e. The van der Waals surface area contributed by atoms with Crippen molar-refractivity contribution in [3.8, 4) is 6.07 Å². The van der Waals surface area contributed by atoms with Gasteiger partial charge < -0.3 is 5.73 Å². The molecule has 0 fully saturated rings. The number of hydrogen-bond donors (Lipinski definition) is 1. The molecule has 14 heavy (non-hydrogen) atoms. The van der Waals surface area contributed by atoms with Gasteiger partial charge in [0.25, 0.3) is 0 Å². The second-order valence-corrected chi connectivity index (χ2v) is 4.65. The summed E-state index contributed by atoms with van der Waals surface area (Å²) >= 11 is 5.08. The fourth-order valence-corrected chi connectivity index (χ4v) is 2.92. The Kier molecular flexibility index (Phi) is 2.44. The normalized spacial score (nSPS) is 10.3. The topological polar surface area (TPSA) is 49.8 Å². The van der Waals surface area contributed by atoms with Crippen molar-refractivity contribution in [3.63, 3.8) is 0 Å². The van der Waals surface area contributed by atoms with Gasteiger partial charge in [0.2, 0.25) is 0 Å². The number of nitrogens with zero attached hydrogens (tertiary/aromatic N) is 1. The van der Waals surface area contributed by atoms with Gasteiger partial charge in [0.05, 0.1) is 12.5 Å². The molecule has 2 rings (SSSR count). The Balaban J connectivity index is 2.79. The third-order valence-electron chi connectivity index (χ3n) is 2.05. The van der Waals surface area contributed by atoms with Crippen molar-refractivity contribution in [2.45, 2.75) is 6.42 Å². The molecule has 4 heteroatoms. The van der Waals surface area contributed by atoms with Crippen LogP contribution in [0.1, 0.15) is 5.56 Å². The molecule has 0 aliphatic rings. The number of benzene rings is 1. The number of halogens is 1. The number of nitriles is 1. The fraction of sp³-hybridized carbons (Fsp3) is 0.100. The molecule has 70 valence electrons. The zero-order valence-corrected chi connectivity index (χ0v) is 9.65. The summed E-state index contributed by atoms with van der Waals surface area (Å²) < 4.78 is 2.07. The van der Waals surface area contributed by atoms with Gasteiger partial charge in [-0.05, 0) is 39.0 Å². The van der Waals surface area contributed by atoms with Gasteiger partial charge in [-0.15, -0.1) is 11.3 Å². The molecular formula is C10H7BrN2S. The first-order chi connectivity index (χ1) is 6.74. The lowest BCUT2D eigenvalue weighted by Crippen LogP contribution is -1.90. The third kappa shape index (κ3) is 1.39. The Morgan fingerprint density at radius 2 is 2.36 bits per heavy atom. The van der Waals surface area contributed by atoms with Crippen LogP contribution in [-0.2, 0) is 6.42 Å². The molecule has 0 aliphatic carbocycles. The first kappa shape index (κ1) is 9.50. The van der Waals surface area contributed by atoms with Crippen LogP contribution in [0.2, 0.25) is 0 Å². The highest BCUT2D eigenvalue weighted by Gasteiger charge is 2.08. The maximum absolute atomic E-state index is 8.68. The predicted molar refractivity (Wildman–Crippen MR) is 63.3 cm³/mol. The van der Waals surface area contributed by atoms with Crippen LogP contribution in [0.25, 0.3) is 10.1 Å². The van der Waals surface area contributed by atoms with Crippen LogP contribution < -0.4 is 5.73 Å². The van der Waals surface area contributed by atoms with Gasteiger partial charge in [0.1, 0.15) is 0 Å². The minimum atomic E-state index is 0.411. The smallest absolute Gasteiger partial charge is 0.0670 e. The lowest BCUT2D eigenvalue weighted by molar-refractivity contribution is 1.29. The summed E-state index contributed by atoms with van der Waals surface area (Å²) in [4.78, 5) is 0. The van der Waals surface area contributed by atoms with E-state index in [1.165, 1.54) is 0 Å². The molecule has 1 aromatic carbocycles. The first-order valence-corrected chi connectivity index (χ1v) is 5.72. The molecular weight excluding hydrogens is 260 g/mol. The second-order valence-electron chi connectivity index (χ2n) is 2.94. The lowest BCUT2D eigenvalue weighted by atomic mass is 10.1. The summed E-state index contributed by atoms with van der Waals surface area (Å²) in [5, 5.41) is 11.8. The third-order valence-corrected chi connectivity index (χ3v) is 3.92. The Hall–Kier alpha value is -1.05. The molecule has 1 aromatic heterocycles. The number of hydrogen-bond acceptors (Lipinski definition) is 3. The van der Waals surface area contributed by atoms with Crippen molar-refractivity contribution in [2.75, 3.05) is 5.73 Å². The van der Waals surface area contributed by atoms with E-state index in [0.717, 1.165) is 20.1 Å². The number of anilines is 1. The van der Waals surface area contributed by atoms with E-state index in [1.54, 1.807) is 11.3 Å². The largest absolute Gasteiger partial charge is 0.398 e. The van der Waals surface area contributed by atoms with Crippen molar-refractivity contribution in [1.29, 1.82) is 5.26 Å². The van der Waals surface area contributed by atoms with Crippen molar-refractivity contribution < 1.29 is 0 Å².